The van der Waals surface area contributed by atoms with Crippen molar-refractivity contribution in [2.24, 2.45) is 0 Å². The second-order valence-corrected chi connectivity index (χ2v) is 8.95. The number of hydrogen-bond donors (Lipinski definition) is 0. The van der Waals surface area contributed by atoms with E-state index in [2.05, 4.69) is 11.0 Å². The van der Waals surface area contributed by atoms with Gasteiger partial charge in [-0.1, -0.05) is 23.5 Å². The van der Waals surface area contributed by atoms with Crippen molar-refractivity contribution in [1.82, 2.24) is 9.88 Å². The summed E-state index contributed by atoms with van der Waals surface area (Å²) in [6, 6.07) is 10.7. The number of benzene rings is 2. The molecule has 0 bridgehead atoms. The van der Waals surface area contributed by atoms with Crippen molar-refractivity contribution in [2.45, 2.75) is 20.3 Å². The van der Waals surface area contributed by atoms with Gasteiger partial charge < -0.3 is 4.74 Å². The Morgan fingerprint density at radius 3 is 2.78 bits per heavy atom. The fourth-order valence-electron chi connectivity index (χ4n) is 3.89. The maximum atomic E-state index is 13.6. The van der Waals surface area contributed by atoms with Crippen LogP contribution in [0.5, 0.6) is 0 Å². The number of anilines is 1. The van der Waals surface area contributed by atoms with E-state index in [-0.39, 0.29) is 11.6 Å². The minimum Gasteiger partial charge on any atom is -0.379 e. The largest absolute Gasteiger partial charge is 0.379 e. The van der Waals surface area contributed by atoms with Crippen LogP contribution in [0.15, 0.2) is 36.4 Å². The van der Waals surface area contributed by atoms with Crippen LogP contribution in [0.2, 0.25) is 0 Å². The van der Waals surface area contributed by atoms with Gasteiger partial charge in [-0.15, -0.1) is 0 Å². The van der Waals surface area contributed by atoms with E-state index < -0.39 is 4.92 Å². The molecular formula is C23H26N4O4S. The molecule has 0 spiro atoms. The van der Waals surface area contributed by atoms with E-state index in [4.69, 9.17) is 9.72 Å². The van der Waals surface area contributed by atoms with Crippen LogP contribution in [0, 0.1) is 24.0 Å². The standard InChI is InChI=1S/C23H26N4O4S/c1-16-7-8-19-21(15-16)32-23(24-19)26(10-4-9-25-11-13-31-14-12-25)22(28)18-5-3-6-20(17(18)2)27(29)30/h3,5-8,15H,4,9-14H2,1-2H3. The van der Waals surface area contributed by atoms with Gasteiger partial charge in [-0.05, 0) is 44.0 Å². The molecule has 1 saturated heterocycles. The van der Waals surface area contributed by atoms with Gasteiger partial charge in [-0.25, -0.2) is 4.98 Å². The van der Waals surface area contributed by atoms with Gasteiger partial charge in [0.15, 0.2) is 5.13 Å². The van der Waals surface area contributed by atoms with Crippen LogP contribution in [0.25, 0.3) is 10.2 Å². The molecule has 1 amide bonds. The number of nitro groups is 1. The molecule has 4 rings (SSSR count). The van der Waals surface area contributed by atoms with Crippen LogP contribution < -0.4 is 4.90 Å². The zero-order valence-electron chi connectivity index (χ0n) is 18.2. The highest BCUT2D eigenvalue weighted by Crippen LogP contribution is 2.32. The summed E-state index contributed by atoms with van der Waals surface area (Å²) < 4.78 is 6.43. The lowest BCUT2D eigenvalue weighted by Gasteiger charge is -2.28. The van der Waals surface area contributed by atoms with Gasteiger partial charge in [0, 0.05) is 43.4 Å². The number of hydrogen-bond acceptors (Lipinski definition) is 7. The molecule has 0 atom stereocenters. The summed E-state index contributed by atoms with van der Waals surface area (Å²) >= 11 is 1.47. The summed E-state index contributed by atoms with van der Waals surface area (Å²) in [5.74, 6) is -0.260. The summed E-state index contributed by atoms with van der Waals surface area (Å²) in [4.78, 5) is 33.3. The van der Waals surface area contributed by atoms with Gasteiger partial charge in [0.2, 0.25) is 0 Å². The number of nitrogens with zero attached hydrogens (tertiary/aromatic N) is 4. The number of carbonyl (C=O) groups is 1. The smallest absolute Gasteiger partial charge is 0.273 e. The second kappa shape index (κ2) is 9.72. The van der Waals surface area contributed by atoms with Crippen molar-refractivity contribution in [3.63, 3.8) is 0 Å². The minimum absolute atomic E-state index is 0.0518. The van der Waals surface area contributed by atoms with Crippen LogP contribution in [-0.4, -0.2) is 60.1 Å². The Hall–Kier alpha value is -2.88. The Kier molecular flexibility index (Phi) is 6.78. The maximum Gasteiger partial charge on any atom is 0.273 e. The number of rotatable bonds is 7. The molecule has 32 heavy (non-hydrogen) atoms. The van der Waals surface area contributed by atoms with E-state index in [0.717, 1.165) is 55.0 Å². The molecule has 1 aliphatic heterocycles. The fraction of sp³-hybridized carbons (Fsp3) is 0.391. The molecule has 1 aliphatic rings. The molecule has 168 valence electrons. The molecule has 0 unspecified atom stereocenters. The predicted molar refractivity (Wildman–Crippen MR) is 126 cm³/mol. The van der Waals surface area contributed by atoms with Crippen molar-refractivity contribution in [3.05, 3.63) is 63.2 Å². The molecule has 0 saturated carbocycles. The molecule has 0 aliphatic carbocycles. The lowest BCUT2D eigenvalue weighted by atomic mass is 10.1. The zero-order valence-corrected chi connectivity index (χ0v) is 19.1. The first-order valence-electron chi connectivity index (χ1n) is 10.7. The molecular weight excluding hydrogens is 428 g/mol. The summed E-state index contributed by atoms with van der Waals surface area (Å²) in [5.41, 5.74) is 2.63. The van der Waals surface area contributed by atoms with E-state index in [0.29, 0.717) is 22.8 Å². The van der Waals surface area contributed by atoms with Crippen LogP contribution in [0.3, 0.4) is 0 Å². The van der Waals surface area contributed by atoms with E-state index in [1.54, 1.807) is 24.0 Å². The van der Waals surface area contributed by atoms with Gasteiger partial charge >= 0.3 is 0 Å². The average molecular weight is 455 g/mol. The number of fused-ring (bicyclic) bond motifs is 1. The van der Waals surface area contributed by atoms with E-state index in [1.165, 1.54) is 17.4 Å². The number of morpholine rings is 1. The minimum atomic E-state index is -0.449. The fourth-order valence-corrected chi connectivity index (χ4v) is 4.98. The molecule has 8 nitrogen and oxygen atoms in total. The maximum absolute atomic E-state index is 13.6. The molecule has 1 aromatic heterocycles. The number of carbonyl (C=O) groups excluding carboxylic acids is 1. The summed E-state index contributed by atoms with van der Waals surface area (Å²) in [7, 11) is 0. The molecule has 2 heterocycles. The van der Waals surface area contributed by atoms with Gasteiger partial charge in [-0.3, -0.25) is 24.7 Å². The highest BCUT2D eigenvalue weighted by atomic mass is 32.1. The zero-order chi connectivity index (χ0) is 22.7. The predicted octanol–water partition coefficient (Wildman–Crippen LogP) is 4.19. The summed E-state index contributed by atoms with van der Waals surface area (Å²) in [5, 5.41) is 12.0. The van der Waals surface area contributed by atoms with Crippen molar-refractivity contribution >= 4 is 38.3 Å². The highest BCUT2D eigenvalue weighted by molar-refractivity contribution is 7.22. The number of amides is 1. The van der Waals surface area contributed by atoms with Crippen molar-refractivity contribution in [3.8, 4) is 0 Å². The number of thiazole rings is 1. The number of nitro benzene ring substituents is 1. The van der Waals surface area contributed by atoms with E-state index in [1.807, 2.05) is 19.1 Å². The van der Waals surface area contributed by atoms with Crippen molar-refractivity contribution < 1.29 is 14.5 Å². The summed E-state index contributed by atoms with van der Waals surface area (Å²) in [6.07, 6.45) is 0.772. The third-order valence-corrected chi connectivity index (χ3v) is 6.74. The number of ether oxygens (including phenoxy) is 1. The van der Waals surface area contributed by atoms with Gasteiger partial charge in [0.1, 0.15) is 0 Å². The SMILES string of the molecule is Cc1ccc2nc(N(CCCN3CCOCC3)C(=O)c3cccc([N+](=O)[O-])c3C)sc2c1. The number of aromatic nitrogens is 1. The third-order valence-electron chi connectivity index (χ3n) is 5.70. The third kappa shape index (κ3) is 4.79. The Bertz CT molecular complexity index is 1140. The lowest BCUT2D eigenvalue weighted by molar-refractivity contribution is -0.385. The van der Waals surface area contributed by atoms with Crippen LogP contribution >= 0.6 is 11.3 Å². The van der Waals surface area contributed by atoms with Crippen molar-refractivity contribution in [1.29, 1.82) is 0 Å². The Morgan fingerprint density at radius 1 is 1.25 bits per heavy atom. The van der Waals surface area contributed by atoms with E-state index >= 15 is 0 Å². The normalized spacial score (nSPS) is 14.6. The topological polar surface area (TPSA) is 88.8 Å². The quantitative estimate of drug-likeness (QED) is 0.393. The monoisotopic (exact) mass is 454 g/mol. The Morgan fingerprint density at radius 2 is 2.03 bits per heavy atom. The van der Waals surface area contributed by atoms with Crippen molar-refractivity contribution in [2.75, 3.05) is 44.3 Å². The molecule has 0 radical (unpaired) electrons. The van der Waals surface area contributed by atoms with E-state index in [9.17, 15) is 14.9 Å². The Labute approximate surface area is 190 Å². The van der Waals surface area contributed by atoms with Gasteiger partial charge in [-0.2, -0.15) is 0 Å². The molecule has 9 heteroatoms. The molecule has 0 N–H and O–H groups in total. The number of aryl methyl sites for hydroxylation is 1. The highest BCUT2D eigenvalue weighted by Gasteiger charge is 2.26. The van der Waals surface area contributed by atoms with Crippen LogP contribution in [0.4, 0.5) is 10.8 Å². The average Bonchev–Trinajstić information content (AvgIpc) is 3.19. The van der Waals surface area contributed by atoms with Gasteiger partial charge in [0.25, 0.3) is 11.6 Å². The first-order chi connectivity index (χ1) is 15.4. The molecule has 3 aromatic rings. The molecule has 1 fully saturated rings. The van der Waals surface area contributed by atoms with Crippen LogP contribution in [-0.2, 0) is 4.74 Å². The summed E-state index contributed by atoms with van der Waals surface area (Å²) in [6.45, 7) is 8.22. The Balaban J connectivity index is 1.63. The second-order valence-electron chi connectivity index (χ2n) is 7.94. The lowest BCUT2D eigenvalue weighted by Crippen LogP contribution is -2.39. The molecule has 2 aromatic carbocycles. The van der Waals surface area contributed by atoms with Crippen LogP contribution in [0.1, 0.15) is 27.9 Å². The first kappa shape index (κ1) is 22.3. The first-order valence-corrected chi connectivity index (χ1v) is 11.5. The van der Waals surface area contributed by atoms with Gasteiger partial charge in [0.05, 0.1) is 28.4 Å².